The maximum absolute atomic E-state index is 14.1. The van der Waals surface area contributed by atoms with Crippen molar-refractivity contribution in [2.24, 2.45) is 34.5 Å². The van der Waals surface area contributed by atoms with E-state index >= 15 is 0 Å². The van der Waals surface area contributed by atoms with E-state index in [1.165, 1.54) is 7.11 Å². The van der Waals surface area contributed by atoms with E-state index in [-0.39, 0.29) is 61.8 Å². The van der Waals surface area contributed by atoms with Gasteiger partial charge in [0.2, 0.25) is 0 Å². The summed E-state index contributed by atoms with van der Waals surface area (Å²) in [6, 6.07) is 0. The van der Waals surface area contributed by atoms with Gasteiger partial charge in [0.05, 0.1) is 37.1 Å². The van der Waals surface area contributed by atoms with Gasteiger partial charge in [0.25, 0.3) is 0 Å². The van der Waals surface area contributed by atoms with Crippen LogP contribution in [0.2, 0.25) is 0 Å². The second-order valence-electron chi connectivity index (χ2n) is 11.1. The van der Waals surface area contributed by atoms with Crippen LogP contribution in [-0.4, -0.2) is 49.8 Å². The number of ether oxygens (including phenoxy) is 3. The first kappa shape index (κ1) is 31.0. The van der Waals surface area contributed by atoms with E-state index in [9.17, 15) is 24.0 Å². The van der Waals surface area contributed by atoms with Gasteiger partial charge in [0.15, 0.2) is 0 Å². The van der Waals surface area contributed by atoms with Crippen molar-refractivity contribution < 1.29 is 38.2 Å². The number of methoxy groups -OCH3 is 1. The van der Waals surface area contributed by atoms with E-state index in [0.717, 1.165) is 6.42 Å². The molecule has 2 aliphatic carbocycles. The van der Waals surface area contributed by atoms with Crippen LogP contribution >= 0.6 is 0 Å². The SMILES string of the molecule is CCOC(=O)C1(C(C)C)CCC(C)CC1(C(=O)OCC)C1CCC(=O)C1C(=O)CCCCCC(=O)OC. The van der Waals surface area contributed by atoms with E-state index in [1.54, 1.807) is 13.8 Å². The molecule has 0 saturated heterocycles. The number of unbranched alkanes of at least 4 members (excludes halogenated alkanes) is 2. The molecule has 0 aromatic rings. The molecule has 0 spiro atoms. The number of hydrogen-bond acceptors (Lipinski definition) is 8. The Labute approximate surface area is 221 Å². The molecule has 0 heterocycles. The summed E-state index contributed by atoms with van der Waals surface area (Å²) in [7, 11) is 1.34. The first-order valence-corrected chi connectivity index (χ1v) is 14.0. The molecule has 2 rings (SSSR count). The Bertz CT molecular complexity index is 849. The number of hydrogen-bond donors (Lipinski definition) is 0. The lowest BCUT2D eigenvalue weighted by Gasteiger charge is -2.57. The van der Waals surface area contributed by atoms with Gasteiger partial charge in [-0.3, -0.25) is 24.0 Å². The number of carbonyl (C=O) groups is 5. The molecular weight excluding hydrogens is 476 g/mol. The normalized spacial score (nSPS) is 29.7. The summed E-state index contributed by atoms with van der Waals surface area (Å²) >= 11 is 0. The van der Waals surface area contributed by atoms with Crippen LogP contribution in [-0.2, 0) is 38.2 Å². The number of esters is 3. The highest BCUT2D eigenvalue weighted by molar-refractivity contribution is 6.05. The first-order valence-electron chi connectivity index (χ1n) is 14.0. The lowest BCUT2D eigenvalue weighted by Crippen LogP contribution is -2.63. The fourth-order valence-corrected chi connectivity index (χ4v) is 7.06. The number of Topliss-reactive ketones (excluding diaryl/α,β-unsaturated/α-hetero) is 2. The lowest BCUT2D eigenvalue weighted by atomic mass is 9.44. The molecule has 0 aromatic heterocycles. The highest BCUT2D eigenvalue weighted by atomic mass is 16.5. The van der Waals surface area contributed by atoms with Gasteiger partial charge in [0.1, 0.15) is 11.6 Å². The van der Waals surface area contributed by atoms with Crippen LogP contribution in [0.5, 0.6) is 0 Å². The molecular formula is C29H46O8. The number of ketones is 2. The maximum Gasteiger partial charge on any atom is 0.313 e. The van der Waals surface area contributed by atoms with E-state index in [0.29, 0.717) is 38.5 Å². The predicted octanol–water partition coefficient (Wildman–Crippen LogP) is 4.85. The summed E-state index contributed by atoms with van der Waals surface area (Å²) in [6.45, 7) is 9.71. The molecule has 5 unspecified atom stereocenters. The molecule has 37 heavy (non-hydrogen) atoms. The summed E-state index contributed by atoms with van der Waals surface area (Å²) < 4.78 is 15.9. The molecule has 8 nitrogen and oxygen atoms in total. The van der Waals surface area contributed by atoms with Crippen molar-refractivity contribution in [3.05, 3.63) is 0 Å². The minimum Gasteiger partial charge on any atom is -0.469 e. The standard InChI is InChI=1S/C29H46O8/c1-7-36-26(33)28(19(3)4)17-16-20(5)18-29(28,27(34)37-8-2)21-14-15-23(31)25(21)22(30)12-10-9-11-13-24(32)35-6/h19-21,25H,7-18H2,1-6H3. The van der Waals surface area contributed by atoms with Crippen LogP contribution in [0.3, 0.4) is 0 Å². The monoisotopic (exact) mass is 522 g/mol. The highest BCUT2D eigenvalue weighted by Gasteiger charge is 2.71. The van der Waals surface area contributed by atoms with Crippen molar-refractivity contribution in [1.82, 2.24) is 0 Å². The summed E-state index contributed by atoms with van der Waals surface area (Å²) in [5.41, 5.74) is -2.51. The molecule has 0 aliphatic heterocycles. The van der Waals surface area contributed by atoms with Gasteiger partial charge < -0.3 is 14.2 Å². The van der Waals surface area contributed by atoms with Gasteiger partial charge in [0, 0.05) is 19.3 Å². The number of carbonyl (C=O) groups excluding carboxylic acids is 5. The van der Waals surface area contributed by atoms with Gasteiger partial charge in [-0.2, -0.15) is 0 Å². The smallest absolute Gasteiger partial charge is 0.313 e. The van der Waals surface area contributed by atoms with Gasteiger partial charge in [-0.25, -0.2) is 0 Å². The van der Waals surface area contributed by atoms with Gasteiger partial charge in [-0.05, 0) is 70.1 Å². The van der Waals surface area contributed by atoms with Crippen molar-refractivity contribution in [3.8, 4) is 0 Å². The Balaban J connectivity index is 2.50. The molecule has 0 bridgehead atoms. The molecule has 8 heteroatoms. The maximum atomic E-state index is 14.1. The van der Waals surface area contributed by atoms with E-state index in [4.69, 9.17) is 9.47 Å². The second kappa shape index (κ2) is 13.5. The van der Waals surface area contributed by atoms with E-state index < -0.39 is 34.6 Å². The minimum absolute atomic E-state index is 0.121. The van der Waals surface area contributed by atoms with Crippen LogP contribution in [0.4, 0.5) is 0 Å². The van der Waals surface area contributed by atoms with Gasteiger partial charge in [-0.1, -0.05) is 27.2 Å². The summed E-state index contributed by atoms with van der Waals surface area (Å²) in [6.07, 6.45) is 4.43. The Morgan fingerprint density at radius 3 is 2.16 bits per heavy atom. The van der Waals surface area contributed by atoms with E-state index in [2.05, 4.69) is 11.7 Å². The molecule has 0 amide bonds. The Morgan fingerprint density at radius 2 is 1.57 bits per heavy atom. The third-order valence-corrected chi connectivity index (χ3v) is 8.73. The average Bonchev–Trinajstić information content (AvgIpc) is 3.25. The molecule has 2 fully saturated rings. The van der Waals surface area contributed by atoms with Crippen LogP contribution in [0.25, 0.3) is 0 Å². The van der Waals surface area contributed by atoms with Crippen LogP contribution in [0.1, 0.15) is 98.8 Å². The summed E-state index contributed by atoms with van der Waals surface area (Å²) in [5.74, 6) is -3.24. The molecule has 210 valence electrons. The minimum atomic E-state index is -1.32. The zero-order valence-corrected chi connectivity index (χ0v) is 23.6. The topological polar surface area (TPSA) is 113 Å². The molecule has 0 aromatic carbocycles. The van der Waals surface area contributed by atoms with Crippen molar-refractivity contribution in [1.29, 1.82) is 0 Å². The van der Waals surface area contributed by atoms with Crippen molar-refractivity contribution in [3.63, 3.8) is 0 Å². The molecule has 2 aliphatic rings. The lowest BCUT2D eigenvalue weighted by molar-refractivity contribution is -0.206. The quantitative estimate of drug-likeness (QED) is 0.146. The number of rotatable bonds is 13. The zero-order valence-electron chi connectivity index (χ0n) is 23.6. The Morgan fingerprint density at radius 1 is 0.946 bits per heavy atom. The predicted molar refractivity (Wildman–Crippen MR) is 137 cm³/mol. The largest absolute Gasteiger partial charge is 0.469 e. The van der Waals surface area contributed by atoms with Crippen LogP contribution in [0, 0.1) is 34.5 Å². The third kappa shape index (κ3) is 6.09. The van der Waals surface area contributed by atoms with Gasteiger partial charge in [-0.15, -0.1) is 0 Å². The molecule has 0 radical (unpaired) electrons. The van der Waals surface area contributed by atoms with Crippen molar-refractivity contribution in [2.45, 2.75) is 98.8 Å². The van der Waals surface area contributed by atoms with Crippen LogP contribution in [0.15, 0.2) is 0 Å². The molecule has 2 saturated carbocycles. The Kier molecular flexibility index (Phi) is 11.3. The fraction of sp³-hybridized carbons (Fsp3) is 0.828. The van der Waals surface area contributed by atoms with Gasteiger partial charge >= 0.3 is 17.9 Å². The second-order valence-corrected chi connectivity index (χ2v) is 11.1. The first-order chi connectivity index (χ1) is 17.5. The summed E-state index contributed by atoms with van der Waals surface area (Å²) in [5, 5.41) is 0. The van der Waals surface area contributed by atoms with Crippen LogP contribution < -0.4 is 0 Å². The van der Waals surface area contributed by atoms with E-state index in [1.807, 2.05) is 13.8 Å². The summed E-state index contributed by atoms with van der Waals surface area (Å²) in [4.78, 5) is 66.0. The average molecular weight is 523 g/mol. The Hall–Kier alpha value is -2.25. The zero-order chi connectivity index (χ0) is 27.8. The highest BCUT2D eigenvalue weighted by Crippen LogP contribution is 2.64. The molecule has 0 N–H and O–H groups in total. The van der Waals surface area contributed by atoms with Crippen molar-refractivity contribution in [2.75, 3.05) is 20.3 Å². The van der Waals surface area contributed by atoms with Crippen molar-refractivity contribution >= 4 is 29.5 Å². The fourth-order valence-electron chi connectivity index (χ4n) is 7.06. The molecule has 5 atom stereocenters. The third-order valence-electron chi connectivity index (χ3n) is 8.73.